The Labute approximate surface area is 138 Å². The van der Waals surface area contributed by atoms with Crippen LogP contribution >= 0.6 is 0 Å². The van der Waals surface area contributed by atoms with Crippen LogP contribution in [0.5, 0.6) is 17.2 Å². The molecule has 1 aliphatic heterocycles. The number of benzene rings is 1. The molecule has 0 radical (unpaired) electrons. The summed E-state index contributed by atoms with van der Waals surface area (Å²) in [5, 5.41) is 0. The Bertz CT molecular complexity index is 512. The van der Waals surface area contributed by atoms with Crippen LogP contribution in [-0.4, -0.2) is 51.3 Å². The predicted molar refractivity (Wildman–Crippen MR) is 91.5 cm³/mol. The number of piperidine rings is 1. The maximum Gasteiger partial charge on any atom is 0.191 e. The molecule has 0 bridgehead atoms. The monoisotopic (exact) mass is 321 g/mol. The van der Waals surface area contributed by atoms with E-state index in [4.69, 9.17) is 19.9 Å². The van der Waals surface area contributed by atoms with Gasteiger partial charge in [-0.25, -0.2) is 4.99 Å². The first-order valence-corrected chi connectivity index (χ1v) is 8.03. The van der Waals surface area contributed by atoms with Crippen LogP contribution in [0.15, 0.2) is 23.2 Å². The van der Waals surface area contributed by atoms with Gasteiger partial charge in [0.2, 0.25) is 0 Å². The van der Waals surface area contributed by atoms with Crippen molar-refractivity contribution in [2.24, 2.45) is 16.6 Å². The first-order chi connectivity index (χ1) is 11.1. The first-order valence-electron chi connectivity index (χ1n) is 8.03. The number of hydrogen-bond donors (Lipinski definition) is 1. The fraction of sp³-hybridized carbons (Fsp3) is 0.588. The summed E-state index contributed by atoms with van der Waals surface area (Å²) in [4.78, 5) is 6.57. The Hall–Kier alpha value is -2.11. The fourth-order valence-corrected chi connectivity index (χ4v) is 2.69. The fourth-order valence-electron chi connectivity index (χ4n) is 2.69. The predicted octanol–water partition coefficient (Wildman–Crippen LogP) is 2.13. The average Bonchev–Trinajstić information content (AvgIpc) is 2.58. The molecule has 2 rings (SSSR count). The number of likely N-dealkylation sites (tertiary alicyclic amines) is 1. The maximum atomic E-state index is 6.06. The Morgan fingerprint density at radius 2 is 1.87 bits per heavy atom. The van der Waals surface area contributed by atoms with E-state index in [1.165, 1.54) is 12.8 Å². The molecule has 1 saturated heterocycles. The molecular weight excluding hydrogens is 294 g/mol. The molecule has 0 amide bonds. The number of methoxy groups -OCH3 is 2. The second-order valence-corrected chi connectivity index (χ2v) is 5.83. The third kappa shape index (κ3) is 5.23. The van der Waals surface area contributed by atoms with E-state index in [2.05, 4.69) is 16.8 Å². The summed E-state index contributed by atoms with van der Waals surface area (Å²) in [6.07, 6.45) is 2.45. The molecule has 1 aliphatic rings. The molecule has 0 aliphatic carbocycles. The lowest BCUT2D eigenvalue weighted by atomic mass is 10.0. The van der Waals surface area contributed by atoms with Gasteiger partial charge < -0.3 is 24.8 Å². The number of guanidine groups is 1. The summed E-state index contributed by atoms with van der Waals surface area (Å²) in [5.74, 6) is 3.39. The smallest absolute Gasteiger partial charge is 0.191 e. The first kappa shape index (κ1) is 17.2. The molecule has 128 valence electrons. The van der Waals surface area contributed by atoms with Gasteiger partial charge in [-0.1, -0.05) is 6.92 Å². The number of ether oxygens (including phenoxy) is 3. The van der Waals surface area contributed by atoms with E-state index in [0.717, 1.165) is 13.1 Å². The van der Waals surface area contributed by atoms with Crippen LogP contribution in [-0.2, 0) is 0 Å². The van der Waals surface area contributed by atoms with Crippen LogP contribution in [0, 0.1) is 5.92 Å². The summed E-state index contributed by atoms with van der Waals surface area (Å²) >= 11 is 0. The van der Waals surface area contributed by atoms with Crippen molar-refractivity contribution in [2.45, 2.75) is 19.8 Å². The lowest BCUT2D eigenvalue weighted by Gasteiger charge is -2.31. The van der Waals surface area contributed by atoms with E-state index in [-0.39, 0.29) is 0 Å². The van der Waals surface area contributed by atoms with Gasteiger partial charge in [0, 0.05) is 31.3 Å². The van der Waals surface area contributed by atoms with E-state index in [9.17, 15) is 0 Å². The minimum absolute atomic E-state index is 0.459. The van der Waals surface area contributed by atoms with Gasteiger partial charge in [-0.3, -0.25) is 0 Å². The van der Waals surface area contributed by atoms with Crippen molar-refractivity contribution in [1.29, 1.82) is 0 Å². The van der Waals surface area contributed by atoms with Gasteiger partial charge in [0.25, 0.3) is 0 Å². The zero-order valence-corrected chi connectivity index (χ0v) is 14.2. The normalized spacial score (nSPS) is 18.7. The largest absolute Gasteiger partial charge is 0.496 e. The topological polar surface area (TPSA) is 69.3 Å². The second-order valence-electron chi connectivity index (χ2n) is 5.83. The zero-order valence-electron chi connectivity index (χ0n) is 14.2. The highest BCUT2D eigenvalue weighted by atomic mass is 16.5. The summed E-state index contributed by atoms with van der Waals surface area (Å²) in [7, 11) is 3.23. The lowest BCUT2D eigenvalue weighted by Crippen LogP contribution is -2.43. The molecule has 6 heteroatoms. The molecule has 1 heterocycles. The van der Waals surface area contributed by atoms with Crippen LogP contribution in [0.4, 0.5) is 0 Å². The number of hydrogen-bond acceptors (Lipinski definition) is 4. The third-order valence-corrected chi connectivity index (χ3v) is 3.94. The van der Waals surface area contributed by atoms with Crippen molar-refractivity contribution >= 4 is 5.96 Å². The molecule has 23 heavy (non-hydrogen) atoms. The van der Waals surface area contributed by atoms with Gasteiger partial charge in [-0.05, 0) is 18.8 Å². The van der Waals surface area contributed by atoms with Crippen molar-refractivity contribution in [3.05, 3.63) is 18.2 Å². The number of nitrogens with zero attached hydrogens (tertiary/aromatic N) is 2. The summed E-state index contributed by atoms with van der Waals surface area (Å²) < 4.78 is 16.1. The van der Waals surface area contributed by atoms with Gasteiger partial charge in [0.15, 0.2) is 5.96 Å². The van der Waals surface area contributed by atoms with Gasteiger partial charge in [-0.15, -0.1) is 0 Å². The summed E-state index contributed by atoms with van der Waals surface area (Å²) in [6, 6.07) is 5.45. The standard InChI is InChI=1S/C17H27N3O3/c1-13-5-4-7-20(12-13)17(18)19-6-8-23-16-10-14(21-2)9-15(11-16)22-3/h9-11,13H,4-8,12H2,1-3H3,(H2,18,19). The lowest BCUT2D eigenvalue weighted by molar-refractivity contribution is 0.269. The molecule has 1 aromatic carbocycles. The Kier molecular flexibility index (Phi) is 6.38. The molecule has 1 atom stereocenters. The van der Waals surface area contributed by atoms with Crippen molar-refractivity contribution in [1.82, 2.24) is 4.90 Å². The van der Waals surface area contributed by atoms with E-state index in [1.807, 2.05) is 12.1 Å². The van der Waals surface area contributed by atoms with Gasteiger partial charge in [0.05, 0.1) is 20.8 Å². The van der Waals surface area contributed by atoms with Gasteiger partial charge >= 0.3 is 0 Å². The SMILES string of the molecule is COc1cc(OC)cc(OCCN=C(N)N2CCCC(C)C2)c1. The van der Waals surface area contributed by atoms with E-state index in [1.54, 1.807) is 20.3 Å². The van der Waals surface area contributed by atoms with Crippen LogP contribution in [0.25, 0.3) is 0 Å². The van der Waals surface area contributed by atoms with E-state index < -0.39 is 0 Å². The molecular formula is C17H27N3O3. The van der Waals surface area contributed by atoms with Crippen molar-refractivity contribution in [3.63, 3.8) is 0 Å². The Morgan fingerprint density at radius 1 is 1.22 bits per heavy atom. The Balaban J connectivity index is 1.83. The van der Waals surface area contributed by atoms with Crippen molar-refractivity contribution in [3.8, 4) is 17.2 Å². The molecule has 0 saturated carbocycles. The highest BCUT2D eigenvalue weighted by molar-refractivity contribution is 5.78. The third-order valence-electron chi connectivity index (χ3n) is 3.94. The maximum absolute atomic E-state index is 6.06. The molecule has 0 spiro atoms. The van der Waals surface area contributed by atoms with Gasteiger partial charge in [0.1, 0.15) is 23.9 Å². The highest BCUT2D eigenvalue weighted by Gasteiger charge is 2.17. The van der Waals surface area contributed by atoms with Crippen LogP contribution in [0.3, 0.4) is 0 Å². The zero-order chi connectivity index (χ0) is 16.7. The summed E-state index contributed by atoms with van der Waals surface area (Å²) in [6.45, 7) is 5.21. The molecule has 6 nitrogen and oxygen atoms in total. The minimum Gasteiger partial charge on any atom is -0.496 e. The minimum atomic E-state index is 0.459. The van der Waals surface area contributed by atoms with E-state index >= 15 is 0 Å². The molecule has 0 aromatic heterocycles. The van der Waals surface area contributed by atoms with Crippen LogP contribution in [0.1, 0.15) is 19.8 Å². The second kappa shape index (κ2) is 8.50. The van der Waals surface area contributed by atoms with E-state index in [0.29, 0.717) is 42.3 Å². The highest BCUT2D eigenvalue weighted by Crippen LogP contribution is 2.27. The quantitative estimate of drug-likeness (QED) is 0.494. The number of rotatable bonds is 6. The van der Waals surface area contributed by atoms with Crippen LogP contribution < -0.4 is 19.9 Å². The van der Waals surface area contributed by atoms with Crippen molar-refractivity contribution < 1.29 is 14.2 Å². The Morgan fingerprint density at radius 3 is 2.48 bits per heavy atom. The molecule has 1 aromatic rings. The molecule has 2 N–H and O–H groups in total. The average molecular weight is 321 g/mol. The van der Waals surface area contributed by atoms with Crippen molar-refractivity contribution in [2.75, 3.05) is 40.5 Å². The number of aliphatic imine (C=N–C) groups is 1. The molecule has 1 unspecified atom stereocenters. The van der Waals surface area contributed by atoms with Crippen LogP contribution in [0.2, 0.25) is 0 Å². The molecule has 1 fully saturated rings. The summed E-state index contributed by atoms with van der Waals surface area (Å²) in [5.41, 5.74) is 6.06. The van der Waals surface area contributed by atoms with Gasteiger partial charge in [-0.2, -0.15) is 0 Å². The number of nitrogens with two attached hydrogens (primary N) is 1.